The molecule has 0 radical (unpaired) electrons. The van der Waals surface area contributed by atoms with Crippen molar-refractivity contribution in [1.82, 2.24) is 10.2 Å². The van der Waals surface area contributed by atoms with Crippen molar-refractivity contribution in [3.63, 3.8) is 0 Å². The standard InChI is InChI=1S/C23H31N3O3/c1-6-29-19-15-11-10-14-18(19)24-22(28)21(17-12-8-7-9-13-17)26(5)16-20(27)25-23(2,3)4/h7-15,21H,6,16H2,1-5H3,(H,24,28)(H,25,27)/t21-/m1/s1. The van der Waals surface area contributed by atoms with Gasteiger partial charge in [-0.25, -0.2) is 0 Å². The molecule has 6 heteroatoms. The molecule has 1 atom stereocenters. The van der Waals surface area contributed by atoms with Gasteiger partial charge in [0.1, 0.15) is 11.8 Å². The predicted octanol–water partition coefficient (Wildman–Crippen LogP) is 3.61. The molecule has 29 heavy (non-hydrogen) atoms. The Morgan fingerprint density at radius 2 is 1.66 bits per heavy atom. The minimum atomic E-state index is -0.628. The third-order valence-corrected chi connectivity index (χ3v) is 4.16. The molecule has 0 aromatic heterocycles. The molecule has 0 fully saturated rings. The number of benzene rings is 2. The van der Waals surface area contributed by atoms with Crippen LogP contribution in [-0.2, 0) is 9.59 Å². The van der Waals surface area contributed by atoms with E-state index in [4.69, 9.17) is 4.74 Å². The van der Waals surface area contributed by atoms with Crippen LogP contribution in [0.15, 0.2) is 54.6 Å². The number of ether oxygens (including phenoxy) is 1. The van der Waals surface area contributed by atoms with Crippen molar-refractivity contribution in [1.29, 1.82) is 0 Å². The number of nitrogens with zero attached hydrogens (tertiary/aromatic N) is 1. The van der Waals surface area contributed by atoms with Crippen molar-refractivity contribution in [2.24, 2.45) is 0 Å². The van der Waals surface area contributed by atoms with E-state index in [0.29, 0.717) is 18.0 Å². The van der Waals surface area contributed by atoms with Crippen LogP contribution in [0.2, 0.25) is 0 Å². The summed E-state index contributed by atoms with van der Waals surface area (Å²) < 4.78 is 5.61. The van der Waals surface area contributed by atoms with Gasteiger partial charge < -0.3 is 15.4 Å². The van der Waals surface area contributed by atoms with E-state index >= 15 is 0 Å². The molecular formula is C23H31N3O3. The number of carbonyl (C=O) groups excluding carboxylic acids is 2. The number of carbonyl (C=O) groups is 2. The smallest absolute Gasteiger partial charge is 0.246 e. The first-order chi connectivity index (χ1) is 13.7. The van der Waals surface area contributed by atoms with E-state index in [0.717, 1.165) is 5.56 Å². The molecule has 2 rings (SSSR count). The van der Waals surface area contributed by atoms with E-state index in [2.05, 4.69) is 10.6 Å². The van der Waals surface area contributed by atoms with Crippen LogP contribution in [0, 0.1) is 0 Å². The van der Waals surface area contributed by atoms with Crippen LogP contribution in [0.3, 0.4) is 0 Å². The van der Waals surface area contributed by atoms with E-state index in [9.17, 15) is 9.59 Å². The van der Waals surface area contributed by atoms with Gasteiger partial charge in [0, 0.05) is 5.54 Å². The van der Waals surface area contributed by atoms with Gasteiger partial charge in [-0.05, 0) is 52.4 Å². The second-order valence-corrected chi connectivity index (χ2v) is 7.94. The monoisotopic (exact) mass is 397 g/mol. The van der Waals surface area contributed by atoms with E-state index in [1.807, 2.05) is 76.2 Å². The number of likely N-dealkylation sites (N-methyl/N-ethyl adjacent to an activating group) is 1. The fraction of sp³-hybridized carbons (Fsp3) is 0.391. The van der Waals surface area contributed by atoms with Gasteiger partial charge in [0.2, 0.25) is 11.8 Å². The first-order valence-corrected chi connectivity index (χ1v) is 9.80. The predicted molar refractivity (Wildman–Crippen MR) is 116 cm³/mol. The molecule has 0 bridgehead atoms. The summed E-state index contributed by atoms with van der Waals surface area (Å²) in [4.78, 5) is 27.4. The zero-order valence-electron chi connectivity index (χ0n) is 17.9. The Balaban J connectivity index is 2.24. The first-order valence-electron chi connectivity index (χ1n) is 9.80. The number of hydrogen-bond donors (Lipinski definition) is 2. The maximum Gasteiger partial charge on any atom is 0.246 e. The summed E-state index contributed by atoms with van der Waals surface area (Å²) in [7, 11) is 1.77. The highest BCUT2D eigenvalue weighted by atomic mass is 16.5. The van der Waals surface area contributed by atoms with E-state index in [1.54, 1.807) is 18.0 Å². The minimum absolute atomic E-state index is 0.0946. The van der Waals surface area contributed by atoms with Crippen molar-refractivity contribution in [2.75, 3.05) is 25.5 Å². The normalized spacial score (nSPS) is 12.3. The van der Waals surface area contributed by atoms with Gasteiger partial charge in [0.25, 0.3) is 0 Å². The van der Waals surface area contributed by atoms with E-state index in [-0.39, 0.29) is 23.9 Å². The lowest BCUT2D eigenvalue weighted by Crippen LogP contribution is -2.47. The summed E-state index contributed by atoms with van der Waals surface area (Å²) in [5, 5.41) is 5.90. The highest BCUT2D eigenvalue weighted by Crippen LogP contribution is 2.27. The summed E-state index contributed by atoms with van der Waals surface area (Å²) in [5.74, 6) is 0.251. The number of para-hydroxylation sites is 2. The van der Waals surface area contributed by atoms with Crippen molar-refractivity contribution in [3.8, 4) is 5.75 Å². The maximum absolute atomic E-state index is 13.2. The third-order valence-electron chi connectivity index (χ3n) is 4.16. The summed E-state index contributed by atoms with van der Waals surface area (Å²) >= 11 is 0. The molecule has 2 N–H and O–H groups in total. The third kappa shape index (κ3) is 6.91. The van der Waals surface area contributed by atoms with Crippen LogP contribution in [0.1, 0.15) is 39.3 Å². The molecule has 0 heterocycles. The number of rotatable bonds is 8. The van der Waals surface area contributed by atoms with Gasteiger partial charge in [0.15, 0.2) is 0 Å². The van der Waals surface area contributed by atoms with Gasteiger partial charge in [0.05, 0.1) is 18.8 Å². The van der Waals surface area contributed by atoms with Gasteiger partial charge in [-0.1, -0.05) is 42.5 Å². The summed E-state index contributed by atoms with van der Waals surface area (Å²) in [6.45, 7) is 8.27. The summed E-state index contributed by atoms with van der Waals surface area (Å²) in [6.07, 6.45) is 0. The Bertz CT molecular complexity index is 816. The molecule has 6 nitrogen and oxygen atoms in total. The first kappa shape index (κ1) is 22.4. The van der Waals surface area contributed by atoms with Crippen molar-refractivity contribution >= 4 is 17.5 Å². The molecule has 0 aliphatic carbocycles. The highest BCUT2D eigenvalue weighted by Gasteiger charge is 2.28. The SMILES string of the molecule is CCOc1ccccc1NC(=O)[C@@H](c1ccccc1)N(C)CC(=O)NC(C)(C)C. The van der Waals surface area contributed by atoms with Crippen LogP contribution in [0.5, 0.6) is 5.75 Å². The maximum atomic E-state index is 13.2. The Kier molecular flexibility index (Phi) is 7.79. The molecular weight excluding hydrogens is 366 g/mol. The quantitative estimate of drug-likeness (QED) is 0.714. The Morgan fingerprint density at radius 1 is 1.03 bits per heavy atom. The van der Waals surface area contributed by atoms with Gasteiger partial charge in [-0.15, -0.1) is 0 Å². The molecule has 0 saturated heterocycles. The zero-order valence-corrected chi connectivity index (χ0v) is 17.9. The summed E-state index contributed by atoms with van der Waals surface area (Å²) in [6, 6.07) is 16.1. The van der Waals surface area contributed by atoms with Crippen LogP contribution < -0.4 is 15.4 Å². The Hall–Kier alpha value is -2.86. The molecule has 0 unspecified atom stereocenters. The van der Waals surface area contributed by atoms with Gasteiger partial charge in [-0.3, -0.25) is 14.5 Å². The van der Waals surface area contributed by atoms with Gasteiger partial charge >= 0.3 is 0 Å². The molecule has 0 aliphatic rings. The summed E-state index contributed by atoms with van der Waals surface area (Å²) in [5.41, 5.74) is 1.08. The van der Waals surface area contributed by atoms with Crippen molar-refractivity contribution in [2.45, 2.75) is 39.3 Å². The number of anilines is 1. The van der Waals surface area contributed by atoms with Crippen LogP contribution in [-0.4, -0.2) is 42.5 Å². The Morgan fingerprint density at radius 3 is 2.28 bits per heavy atom. The van der Waals surface area contributed by atoms with E-state index < -0.39 is 6.04 Å². The number of hydrogen-bond acceptors (Lipinski definition) is 4. The van der Waals surface area contributed by atoms with Crippen LogP contribution in [0.4, 0.5) is 5.69 Å². The number of amides is 2. The molecule has 156 valence electrons. The molecule has 0 saturated carbocycles. The zero-order chi connectivity index (χ0) is 21.4. The average Bonchev–Trinajstić information content (AvgIpc) is 2.63. The topological polar surface area (TPSA) is 70.7 Å². The highest BCUT2D eigenvalue weighted by molar-refractivity contribution is 5.97. The number of nitrogens with one attached hydrogen (secondary N) is 2. The molecule has 2 aromatic rings. The minimum Gasteiger partial charge on any atom is -0.492 e. The fourth-order valence-electron chi connectivity index (χ4n) is 3.07. The molecule has 2 aromatic carbocycles. The average molecular weight is 398 g/mol. The largest absolute Gasteiger partial charge is 0.492 e. The van der Waals surface area contributed by atoms with E-state index in [1.165, 1.54) is 0 Å². The molecule has 2 amide bonds. The van der Waals surface area contributed by atoms with Gasteiger partial charge in [-0.2, -0.15) is 0 Å². The lowest BCUT2D eigenvalue weighted by atomic mass is 10.0. The van der Waals surface area contributed by atoms with Crippen LogP contribution in [0.25, 0.3) is 0 Å². The second kappa shape index (κ2) is 10.1. The molecule has 0 spiro atoms. The fourth-order valence-corrected chi connectivity index (χ4v) is 3.07. The molecule has 0 aliphatic heterocycles. The second-order valence-electron chi connectivity index (χ2n) is 7.94. The van der Waals surface area contributed by atoms with Crippen LogP contribution >= 0.6 is 0 Å². The van der Waals surface area contributed by atoms with Crippen molar-refractivity contribution < 1.29 is 14.3 Å². The van der Waals surface area contributed by atoms with Crippen molar-refractivity contribution in [3.05, 3.63) is 60.2 Å². The Labute approximate surface area is 173 Å². The lowest BCUT2D eigenvalue weighted by Gasteiger charge is -2.29. The lowest BCUT2D eigenvalue weighted by molar-refractivity contribution is -0.126.